The summed E-state index contributed by atoms with van der Waals surface area (Å²) in [6.45, 7) is 6.65. The predicted molar refractivity (Wildman–Crippen MR) is 293 cm³/mol. The van der Waals surface area contributed by atoms with Crippen LogP contribution in [0.15, 0.2) is 36.5 Å². The number of esters is 3. The van der Waals surface area contributed by atoms with Crippen LogP contribution in [0.25, 0.3) is 0 Å². The molecule has 0 radical (unpaired) electrons. The van der Waals surface area contributed by atoms with Gasteiger partial charge in [0.1, 0.15) is 13.2 Å². The van der Waals surface area contributed by atoms with E-state index in [1.807, 2.05) is 0 Å². The highest BCUT2D eigenvalue weighted by molar-refractivity contribution is 5.71. The lowest BCUT2D eigenvalue weighted by Crippen LogP contribution is -2.30. The van der Waals surface area contributed by atoms with Gasteiger partial charge in [-0.05, 0) is 96.3 Å². The van der Waals surface area contributed by atoms with Crippen LogP contribution in [0.2, 0.25) is 0 Å². The molecule has 0 unspecified atom stereocenters. The molecule has 0 aromatic carbocycles. The molecule has 6 heteroatoms. The van der Waals surface area contributed by atoms with Crippen molar-refractivity contribution in [3.63, 3.8) is 0 Å². The maximum atomic E-state index is 12.9. The third-order valence-electron chi connectivity index (χ3n) is 13.3. The van der Waals surface area contributed by atoms with Gasteiger partial charge < -0.3 is 14.2 Å². The van der Waals surface area contributed by atoms with Gasteiger partial charge in [-0.2, -0.15) is 0 Å². The van der Waals surface area contributed by atoms with E-state index in [-0.39, 0.29) is 31.1 Å². The van der Waals surface area contributed by atoms with Gasteiger partial charge in [-0.15, -0.1) is 0 Å². The highest BCUT2D eigenvalue weighted by atomic mass is 16.6. The van der Waals surface area contributed by atoms with Crippen molar-refractivity contribution in [3.8, 4) is 0 Å². The average Bonchev–Trinajstić information content (AvgIpc) is 3.34. The maximum Gasteiger partial charge on any atom is 0.306 e. The number of hydrogen-bond donors (Lipinski definition) is 0. The lowest BCUT2D eigenvalue weighted by Gasteiger charge is -2.18. The van der Waals surface area contributed by atoms with Crippen LogP contribution < -0.4 is 0 Å². The fraction of sp³-hybridized carbons (Fsp3) is 0.855. The third-order valence-corrected chi connectivity index (χ3v) is 13.3. The highest BCUT2D eigenvalue weighted by Gasteiger charge is 2.19. The Morgan fingerprint density at radius 2 is 0.485 bits per heavy atom. The number of carbonyl (C=O) groups excluding carboxylic acids is 3. The first-order valence-electron chi connectivity index (χ1n) is 30.0. The Labute approximate surface area is 423 Å². The molecule has 0 saturated heterocycles. The molecule has 0 bridgehead atoms. The van der Waals surface area contributed by atoms with Crippen molar-refractivity contribution < 1.29 is 28.6 Å². The molecule has 0 saturated carbocycles. The number of rotatable bonds is 55. The van der Waals surface area contributed by atoms with Gasteiger partial charge in [-0.1, -0.05) is 243 Å². The lowest BCUT2D eigenvalue weighted by atomic mass is 10.1. The summed E-state index contributed by atoms with van der Waals surface area (Å²) in [7, 11) is 0. The molecule has 0 spiro atoms. The molecule has 0 aliphatic carbocycles. The minimum Gasteiger partial charge on any atom is -0.462 e. The summed E-state index contributed by atoms with van der Waals surface area (Å²) in [4.78, 5) is 38.2. The monoisotopic (exact) mass is 955 g/mol. The quantitative estimate of drug-likeness (QED) is 0.0262. The third kappa shape index (κ3) is 54.6. The minimum absolute atomic E-state index is 0.0764. The Morgan fingerprint density at radius 1 is 0.279 bits per heavy atom. The predicted octanol–water partition coefficient (Wildman–Crippen LogP) is 20.0. The Hall–Kier alpha value is -2.37. The zero-order valence-electron chi connectivity index (χ0n) is 45.6. The summed E-state index contributed by atoms with van der Waals surface area (Å²) in [6.07, 6.45) is 68.5. The fourth-order valence-corrected chi connectivity index (χ4v) is 8.78. The molecule has 1 atom stereocenters. The molecule has 0 aliphatic heterocycles. The van der Waals surface area contributed by atoms with Crippen LogP contribution in [0.4, 0.5) is 0 Å². The Balaban J connectivity index is 4.35. The second-order valence-electron chi connectivity index (χ2n) is 20.2. The van der Waals surface area contributed by atoms with Crippen molar-refractivity contribution in [2.45, 2.75) is 329 Å². The summed E-state index contributed by atoms with van der Waals surface area (Å²) in [5, 5.41) is 0. The van der Waals surface area contributed by atoms with Crippen molar-refractivity contribution in [2.24, 2.45) is 0 Å². The van der Waals surface area contributed by atoms with Crippen LogP contribution in [0.5, 0.6) is 0 Å². The highest BCUT2D eigenvalue weighted by Crippen LogP contribution is 2.16. The Morgan fingerprint density at radius 3 is 0.735 bits per heavy atom. The van der Waals surface area contributed by atoms with Gasteiger partial charge in [0, 0.05) is 19.3 Å². The molecular formula is C62H114O6. The van der Waals surface area contributed by atoms with Crippen LogP contribution in [-0.4, -0.2) is 37.2 Å². The van der Waals surface area contributed by atoms with Crippen molar-refractivity contribution in [2.75, 3.05) is 13.2 Å². The molecule has 6 nitrogen and oxygen atoms in total. The summed E-state index contributed by atoms with van der Waals surface area (Å²) in [5.41, 5.74) is 0. The number of unbranched alkanes of at least 4 members (excludes halogenated alkanes) is 38. The van der Waals surface area contributed by atoms with E-state index >= 15 is 0 Å². The van der Waals surface area contributed by atoms with Crippen molar-refractivity contribution in [3.05, 3.63) is 36.5 Å². The zero-order valence-corrected chi connectivity index (χ0v) is 45.6. The first kappa shape index (κ1) is 65.6. The standard InChI is InChI=1S/C62H114O6/c1-4-7-10-13-16-19-22-25-28-30-31-33-34-37-40-43-46-49-52-55-61(64)67-58-59(57-66-60(63)54-51-48-45-42-39-36-27-24-21-18-15-12-9-6-3)68-62(65)56-53-50-47-44-41-38-35-32-29-26-23-20-17-14-11-8-5-2/h24,26-27,29-31,59H,4-23,25,28,32-58H2,1-3H3/b27-24-,29-26-,31-30-/t59-/m1/s1. The summed E-state index contributed by atoms with van der Waals surface area (Å²) in [6, 6.07) is 0. The average molecular weight is 956 g/mol. The van der Waals surface area contributed by atoms with Crippen LogP contribution in [0.3, 0.4) is 0 Å². The molecule has 0 fully saturated rings. The molecule has 0 amide bonds. The van der Waals surface area contributed by atoms with Gasteiger partial charge in [0.05, 0.1) is 0 Å². The second kappa shape index (κ2) is 57.2. The zero-order chi connectivity index (χ0) is 49.3. The largest absolute Gasteiger partial charge is 0.462 e. The Bertz CT molecular complexity index is 1140. The van der Waals surface area contributed by atoms with Gasteiger partial charge >= 0.3 is 17.9 Å². The molecule has 0 aromatic heterocycles. The molecule has 0 aromatic rings. The van der Waals surface area contributed by atoms with Gasteiger partial charge in [0.2, 0.25) is 0 Å². The van der Waals surface area contributed by atoms with Gasteiger partial charge in [-0.25, -0.2) is 0 Å². The SMILES string of the molecule is CCCCCCC/C=C\CCCCCCCC(=O)OC[C@H](COC(=O)CCCCCCCCC/C=C\CCCCCCCCCC)OC(=O)CCCCCCCCC/C=C\CCCCCCCC. The minimum atomic E-state index is -0.778. The molecule has 68 heavy (non-hydrogen) atoms. The van der Waals surface area contributed by atoms with Crippen molar-refractivity contribution >= 4 is 17.9 Å². The van der Waals surface area contributed by atoms with Crippen LogP contribution in [0, 0.1) is 0 Å². The molecule has 398 valence electrons. The van der Waals surface area contributed by atoms with E-state index in [9.17, 15) is 14.4 Å². The summed E-state index contributed by atoms with van der Waals surface area (Å²) >= 11 is 0. The molecule has 0 heterocycles. The molecule has 0 N–H and O–H groups in total. The number of carbonyl (C=O) groups is 3. The van der Waals surface area contributed by atoms with Gasteiger partial charge in [0.25, 0.3) is 0 Å². The first-order valence-corrected chi connectivity index (χ1v) is 30.0. The smallest absolute Gasteiger partial charge is 0.306 e. The summed E-state index contributed by atoms with van der Waals surface area (Å²) in [5.74, 6) is -0.876. The fourth-order valence-electron chi connectivity index (χ4n) is 8.78. The first-order chi connectivity index (χ1) is 33.5. The van der Waals surface area contributed by atoms with E-state index in [4.69, 9.17) is 14.2 Å². The van der Waals surface area contributed by atoms with Gasteiger partial charge in [-0.3, -0.25) is 14.4 Å². The van der Waals surface area contributed by atoms with Crippen LogP contribution in [0.1, 0.15) is 323 Å². The van der Waals surface area contributed by atoms with E-state index in [0.29, 0.717) is 19.3 Å². The Kier molecular flexibility index (Phi) is 55.2. The van der Waals surface area contributed by atoms with E-state index in [0.717, 1.165) is 64.2 Å². The second-order valence-corrected chi connectivity index (χ2v) is 20.2. The number of ether oxygens (including phenoxy) is 3. The summed E-state index contributed by atoms with van der Waals surface area (Å²) < 4.78 is 16.9. The van der Waals surface area contributed by atoms with E-state index in [2.05, 4.69) is 57.2 Å². The van der Waals surface area contributed by atoms with Crippen LogP contribution in [-0.2, 0) is 28.6 Å². The molecule has 0 rings (SSSR count). The lowest BCUT2D eigenvalue weighted by molar-refractivity contribution is -0.167. The van der Waals surface area contributed by atoms with E-state index in [1.165, 1.54) is 218 Å². The normalized spacial score (nSPS) is 12.2. The van der Waals surface area contributed by atoms with Gasteiger partial charge in [0.15, 0.2) is 6.10 Å². The topological polar surface area (TPSA) is 78.9 Å². The van der Waals surface area contributed by atoms with E-state index in [1.54, 1.807) is 0 Å². The van der Waals surface area contributed by atoms with E-state index < -0.39 is 6.10 Å². The number of allylic oxidation sites excluding steroid dienone is 6. The van der Waals surface area contributed by atoms with Crippen molar-refractivity contribution in [1.29, 1.82) is 0 Å². The maximum absolute atomic E-state index is 12.9. The van der Waals surface area contributed by atoms with Crippen molar-refractivity contribution in [1.82, 2.24) is 0 Å². The van der Waals surface area contributed by atoms with Crippen LogP contribution >= 0.6 is 0 Å². The molecule has 0 aliphatic rings. The molecular weight excluding hydrogens is 841 g/mol. The number of hydrogen-bond acceptors (Lipinski definition) is 6.